The molecule has 0 aliphatic rings. The molecule has 0 saturated heterocycles. The highest BCUT2D eigenvalue weighted by Crippen LogP contribution is 2.26. The average Bonchev–Trinajstić information content (AvgIpc) is 2.47. The molecular formula is C15H14ClN3O2. The van der Waals surface area contributed by atoms with Gasteiger partial charge in [-0.3, -0.25) is 4.79 Å². The number of carbonyl (C=O) groups excluding carboxylic acids is 1. The van der Waals surface area contributed by atoms with Gasteiger partial charge in [0.1, 0.15) is 23.1 Å². The summed E-state index contributed by atoms with van der Waals surface area (Å²) in [5, 5.41) is 2.75. The minimum atomic E-state index is -0.440. The third-order valence-electron chi connectivity index (χ3n) is 2.66. The first kappa shape index (κ1) is 14.9. The van der Waals surface area contributed by atoms with Gasteiger partial charge in [0.15, 0.2) is 0 Å². The number of nitrogens with two attached hydrogens (primary N) is 1. The van der Waals surface area contributed by atoms with Gasteiger partial charge >= 0.3 is 0 Å². The highest BCUT2D eigenvalue weighted by atomic mass is 35.5. The van der Waals surface area contributed by atoms with E-state index in [0.717, 1.165) is 0 Å². The quantitative estimate of drug-likeness (QED) is 0.505. The molecule has 1 aromatic carbocycles. The van der Waals surface area contributed by atoms with Crippen molar-refractivity contribution in [3.63, 3.8) is 0 Å². The maximum atomic E-state index is 12.4. The second kappa shape index (κ2) is 6.76. The number of anilines is 2. The molecule has 0 atom stereocenters. The lowest BCUT2D eigenvalue weighted by Crippen LogP contribution is -2.16. The van der Waals surface area contributed by atoms with Crippen LogP contribution in [0.3, 0.4) is 0 Å². The second-order valence-corrected chi connectivity index (χ2v) is 4.47. The van der Waals surface area contributed by atoms with Crippen LogP contribution in [0, 0.1) is 0 Å². The van der Waals surface area contributed by atoms with Gasteiger partial charge in [-0.05, 0) is 18.2 Å². The van der Waals surface area contributed by atoms with Crippen LogP contribution in [0.15, 0.2) is 49.2 Å². The number of carbonyl (C=O) groups is 1. The summed E-state index contributed by atoms with van der Waals surface area (Å²) in [7, 11) is 0. The molecule has 6 heteroatoms. The molecule has 3 N–H and O–H groups in total. The van der Waals surface area contributed by atoms with Gasteiger partial charge in [-0.15, -0.1) is 0 Å². The average molecular weight is 304 g/mol. The topological polar surface area (TPSA) is 77.2 Å². The number of rotatable bonds is 5. The molecule has 1 aromatic heterocycles. The Balaban J connectivity index is 2.30. The summed E-state index contributed by atoms with van der Waals surface area (Å²) in [5.74, 6) is -0.105. The Kier molecular flexibility index (Phi) is 4.79. The predicted octanol–water partition coefficient (Wildman–Crippen LogP) is 3.13. The normalized spacial score (nSPS) is 9.95. The summed E-state index contributed by atoms with van der Waals surface area (Å²) in [6.07, 6.45) is 3.04. The first-order valence-electron chi connectivity index (χ1n) is 6.17. The lowest BCUT2D eigenvalue weighted by molar-refractivity contribution is 0.102. The molecule has 108 valence electrons. The van der Waals surface area contributed by atoms with Crippen LogP contribution in [-0.2, 0) is 0 Å². The van der Waals surface area contributed by atoms with Crippen molar-refractivity contribution in [3.8, 4) is 5.75 Å². The Morgan fingerprint density at radius 3 is 2.90 bits per heavy atom. The number of benzene rings is 1. The monoisotopic (exact) mass is 303 g/mol. The third kappa shape index (κ3) is 3.52. The van der Waals surface area contributed by atoms with Crippen molar-refractivity contribution >= 4 is 28.9 Å². The Labute approximate surface area is 127 Å². The largest absolute Gasteiger partial charge is 0.489 e. The van der Waals surface area contributed by atoms with Gasteiger partial charge in [0.25, 0.3) is 5.91 Å². The summed E-state index contributed by atoms with van der Waals surface area (Å²) in [4.78, 5) is 16.3. The zero-order valence-corrected chi connectivity index (χ0v) is 11.9. The Morgan fingerprint density at radius 2 is 2.19 bits per heavy atom. The number of pyridine rings is 1. The highest BCUT2D eigenvalue weighted by Gasteiger charge is 2.18. The van der Waals surface area contributed by atoms with E-state index in [1.165, 1.54) is 6.20 Å². The smallest absolute Gasteiger partial charge is 0.262 e. The van der Waals surface area contributed by atoms with Crippen LogP contribution in [0.5, 0.6) is 5.75 Å². The Hall–Kier alpha value is -2.53. The van der Waals surface area contributed by atoms with E-state index in [4.69, 9.17) is 22.1 Å². The van der Waals surface area contributed by atoms with Gasteiger partial charge in [-0.25, -0.2) is 4.98 Å². The molecule has 0 fully saturated rings. The van der Waals surface area contributed by atoms with Gasteiger partial charge in [-0.2, -0.15) is 0 Å². The molecule has 2 aromatic rings. The fraction of sp³-hybridized carbons (Fsp3) is 0.0667. The number of halogens is 1. The maximum absolute atomic E-state index is 12.4. The molecule has 5 nitrogen and oxygen atoms in total. The summed E-state index contributed by atoms with van der Waals surface area (Å²) >= 11 is 6.00. The molecule has 2 rings (SSSR count). The fourth-order valence-corrected chi connectivity index (χ4v) is 1.93. The standard InChI is InChI=1S/C15H14ClN3O2/c1-2-9-21-12-7-8-18-14(16)13(12)15(20)19-11-6-4-3-5-10(11)17/h2-8H,1,9,17H2,(H,19,20). The van der Waals surface area contributed by atoms with Crippen LogP contribution in [0.2, 0.25) is 5.15 Å². The maximum Gasteiger partial charge on any atom is 0.262 e. The van der Waals surface area contributed by atoms with Crippen molar-refractivity contribution in [2.24, 2.45) is 0 Å². The minimum absolute atomic E-state index is 0.0589. The molecule has 0 aliphatic heterocycles. The van der Waals surface area contributed by atoms with Crippen molar-refractivity contribution in [1.29, 1.82) is 0 Å². The summed E-state index contributed by atoms with van der Waals surface area (Å²) < 4.78 is 5.42. The number of hydrogen-bond donors (Lipinski definition) is 2. The Bertz CT molecular complexity index is 674. The third-order valence-corrected chi connectivity index (χ3v) is 2.95. The van der Waals surface area contributed by atoms with Crippen LogP contribution in [0.25, 0.3) is 0 Å². The van der Waals surface area contributed by atoms with E-state index < -0.39 is 5.91 Å². The van der Waals surface area contributed by atoms with Gasteiger partial charge in [0, 0.05) is 6.20 Å². The molecule has 0 bridgehead atoms. The van der Waals surface area contributed by atoms with E-state index in [9.17, 15) is 4.79 Å². The van der Waals surface area contributed by atoms with Gasteiger partial charge in [-0.1, -0.05) is 36.4 Å². The van der Waals surface area contributed by atoms with Crippen LogP contribution < -0.4 is 15.8 Å². The lowest BCUT2D eigenvalue weighted by atomic mass is 10.2. The van der Waals surface area contributed by atoms with Crippen LogP contribution >= 0.6 is 11.6 Å². The number of nitrogens with zero attached hydrogens (tertiary/aromatic N) is 1. The number of aromatic nitrogens is 1. The molecule has 1 heterocycles. The number of para-hydroxylation sites is 2. The van der Waals surface area contributed by atoms with E-state index in [1.807, 2.05) is 0 Å². The van der Waals surface area contributed by atoms with Crippen LogP contribution in [0.4, 0.5) is 11.4 Å². The highest BCUT2D eigenvalue weighted by molar-refractivity contribution is 6.33. The van der Waals surface area contributed by atoms with Crippen molar-refractivity contribution in [3.05, 3.63) is 59.9 Å². The van der Waals surface area contributed by atoms with Gasteiger partial charge in [0.2, 0.25) is 0 Å². The van der Waals surface area contributed by atoms with E-state index in [-0.39, 0.29) is 17.3 Å². The number of hydrogen-bond acceptors (Lipinski definition) is 4. The number of ether oxygens (including phenoxy) is 1. The molecular weight excluding hydrogens is 290 g/mol. The van der Waals surface area contributed by atoms with Crippen molar-refractivity contribution in [2.75, 3.05) is 17.7 Å². The second-order valence-electron chi connectivity index (χ2n) is 4.12. The minimum Gasteiger partial charge on any atom is -0.489 e. The molecule has 0 saturated carbocycles. The van der Waals surface area contributed by atoms with E-state index >= 15 is 0 Å². The van der Waals surface area contributed by atoms with Gasteiger partial charge < -0.3 is 15.8 Å². The summed E-state index contributed by atoms with van der Waals surface area (Å²) in [6, 6.07) is 8.50. The van der Waals surface area contributed by atoms with E-state index in [2.05, 4.69) is 16.9 Å². The lowest BCUT2D eigenvalue weighted by Gasteiger charge is -2.12. The molecule has 21 heavy (non-hydrogen) atoms. The van der Waals surface area contributed by atoms with Crippen LogP contribution in [-0.4, -0.2) is 17.5 Å². The zero-order valence-electron chi connectivity index (χ0n) is 11.2. The van der Waals surface area contributed by atoms with Gasteiger partial charge in [0.05, 0.1) is 11.4 Å². The molecule has 0 unspecified atom stereocenters. The summed E-state index contributed by atoms with van der Waals surface area (Å²) in [6.45, 7) is 3.82. The number of nitrogen functional groups attached to an aromatic ring is 1. The SMILES string of the molecule is C=CCOc1ccnc(Cl)c1C(=O)Nc1ccccc1N. The van der Waals surface area contributed by atoms with Crippen LogP contribution in [0.1, 0.15) is 10.4 Å². The van der Waals surface area contributed by atoms with E-state index in [1.54, 1.807) is 36.4 Å². The number of nitrogens with one attached hydrogen (secondary N) is 1. The van der Waals surface area contributed by atoms with Crippen molar-refractivity contribution in [2.45, 2.75) is 0 Å². The first-order valence-corrected chi connectivity index (χ1v) is 6.55. The zero-order chi connectivity index (χ0) is 15.2. The predicted molar refractivity (Wildman–Crippen MR) is 83.7 cm³/mol. The molecule has 1 amide bonds. The summed E-state index contributed by atoms with van der Waals surface area (Å²) in [5.41, 5.74) is 6.91. The molecule has 0 radical (unpaired) electrons. The van der Waals surface area contributed by atoms with E-state index in [0.29, 0.717) is 17.1 Å². The molecule has 0 aliphatic carbocycles. The first-order chi connectivity index (χ1) is 10.1. The van der Waals surface area contributed by atoms with Crippen molar-refractivity contribution in [1.82, 2.24) is 4.98 Å². The van der Waals surface area contributed by atoms with Crippen molar-refractivity contribution < 1.29 is 9.53 Å². The Morgan fingerprint density at radius 1 is 1.43 bits per heavy atom. The number of amides is 1. The molecule has 0 spiro atoms. The fourth-order valence-electron chi connectivity index (χ4n) is 1.69.